The third-order valence-electron chi connectivity index (χ3n) is 3.48. The third-order valence-corrected chi connectivity index (χ3v) is 3.48. The van der Waals surface area contributed by atoms with Crippen LogP contribution in [0.25, 0.3) is 0 Å². The highest BCUT2D eigenvalue weighted by atomic mass is 16.5. The Balaban J connectivity index is 1.78. The fourth-order valence-electron chi connectivity index (χ4n) is 2.31. The number of hydrogen-bond donors (Lipinski definition) is 2. The van der Waals surface area contributed by atoms with Gasteiger partial charge in [-0.15, -0.1) is 0 Å². The number of anilines is 1. The van der Waals surface area contributed by atoms with Crippen LogP contribution in [0.3, 0.4) is 0 Å². The van der Waals surface area contributed by atoms with Crippen LogP contribution in [-0.4, -0.2) is 42.9 Å². The molecule has 2 N–H and O–H groups in total. The summed E-state index contributed by atoms with van der Waals surface area (Å²) in [5, 5.41) is 11.8. The summed E-state index contributed by atoms with van der Waals surface area (Å²) >= 11 is 0. The summed E-state index contributed by atoms with van der Waals surface area (Å²) in [6.45, 7) is 3.37. The molecule has 1 fully saturated rings. The number of rotatable bonds is 7. The van der Waals surface area contributed by atoms with Crippen LogP contribution < -0.4 is 5.32 Å². The van der Waals surface area contributed by atoms with Crippen LogP contribution in [0.2, 0.25) is 0 Å². The van der Waals surface area contributed by atoms with Crippen LogP contribution in [0.15, 0.2) is 18.2 Å². The lowest BCUT2D eigenvalue weighted by Crippen LogP contribution is -2.19. The normalized spacial score (nSPS) is 17.4. The van der Waals surface area contributed by atoms with Crippen molar-refractivity contribution in [1.29, 1.82) is 0 Å². The van der Waals surface area contributed by atoms with Crippen molar-refractivity contribution in [3.8, 4) is 0 Å². The van der Waals surface area contributed by atoms with Gasteiger partial charge in [-0.1, -0.05) is 11.6 Å². The summed E-state index contributed by atoms with van der Waals surface area (Å²) in [6.07, 6.45) is 2.37. The van der Waals surface area contributed by atoms with E-state index in [4.69, 9.17) is 14.6 Å². The summed E-state index contributed by atoms with van der Waals surface area (Å²) in [7, 11) is 0. The summed E-state index contributed by atoms with van der Waals surface area (Å²) in [4.78, 5) is 23.0. The second-order valence-corrected chi connectivity index (χ2v) is 5.36. The number of amides is 1. The predicted molar refractivity (Wildman–Crippen MR) is 81.2 cm³/mol. The summed E-state index contributed by atoms with van der Waals surface area (Å²) in [5.74, 6) is -1.33. The Morgan fingerprint density at radius 2 is 2.27 bits per heavy atom. The van der Waals surface area contributed by atoms with Crippen molar-refractivity contribution in [2.75, 3.05) is 25.1 Å². The number of carboxylic acids is 1. The average molecular weight is 307 g/mol. The van der Waals surface area contributed by atoms with Crippen molar-refractivity contribution >= 4 is 17.6 Å². The number of aryl methyl sites for hydroxylation is 1. The Morgan fingerprint density at radius 1 is 1.45 bits per heavy atom. The minimum atomic E-state index is -1.06. The number of aromatic carboxylic acids is 1. The number of benzene rings is 1. The molecule has 1 aliphatic heterocycles. The van der Waals surface area contributed by atoms with Gasteiger partial charge in [0.05, 0.1) is 37.0 Å². The second-order valence-electron chi connectivity index (χ2n) is 5.36. The van der Waals surface area contributed by atoms with Gasteiger partial charge < -0.3 is 19.9 Å². The van der Waals surface area contributed by atoms with Crippen molar-refractivity contribution in [1.82, 2.24) is 0 Å². The molecule has 1 aromatic rings. The molecule has 0 aliphatic carbocycles. The monoisotopic (exact) mass is 307 g/mol. The number of carboxylic acid groups (broad SMARTS) is 1. The van der Waals surface area contributed by atoms with E-state index in [9.17, 15) is 9.59 Å². The first-order chi connectivity index (χ1) is 10.6. The Morgan fingerprint density at radius 3 is 2.95 bits per heavy atom. The molecule has 22 heavy (non-hydrogen) atoms. The molecule has 0 bridgehead atoms. The fourth-order valence-corrected chi connectivity index (χ4v) is 2.31. The molecule has 6 heteroatoms. The van der Waals surface area contributed by atoms with Gasteiger partial charge in [-0.2, -0.15) is 0 Å². The molecular weight excluding hydrogens is 286 g/mol. The van der Waals surface area contributed by atoms with Crippen molar-refractivity contribution < 1.29 is 24.2 Å². The van der Waals surface area contributed by atoms with E-state index in [1.807, 2.05) is 0 Å². The van der Waals surface area contributed by atoms with Crippen LogP contribution in [0.4, 0.5) is 5.69 Å². The zero-order valence-corrected chi connectivity index (χ0v) is 12.6. The maximum Gasteiger partial charge on any atom is 0.337 e. The maximum absolute atomic E-state index is 11.9. The topological polar surface area (TPSA) is 84.9 Å². The molecule has 1 unspecified atom stereocenters. The molecule has 1 saturated heterocycles. The molecule has 1 amide bonds. The van der Waals surface area contributed by atoms with E-state index in [0.717, 1.165) is 25.0 Å². The SMILES string of the molecule is Cc1ccc(NC(=O)CCOCC2CCCO2)c(C(=O)O)c1. The lowest BCUT2D eigenvalue weighted by Gasteiger charge is -2.11. The van der Waals surface area contributed by atoms with Crippen molar-refractivity contribution in [3.05, 3.63) is 29.3 Å². The first-order valence-electron chi connectivity index (χ1n) is 7.39. The lowest BCUT2D eigenvalue weighted by atomic mass is 10.1. The zero-order chi connectivity index (χ0) is 15.9. The molecule has 1 heterocycles. The Kier molecular flexibility index (Phi) is 5.91. The van der Waals surface area contributed by atoms with Gasteiger partial charge in [0.15, 0.2) is 0 Å². The van der Waals surface area contributed by atoms with Crippen LogP contribution in [0, 0.1) is 6.92 Å². The summed E-state index contributed by atoms with van der Waals surface area (Å²) < 4.78 is 10.8. The van der Waals surface area contributed by atoms with E-state index in [-0.39, 0.29) is 24.0 Å². The molecule has 6 nitrogen and oxygen atoms in total. The van der Waals surface area contributed by atoms with Gasteiger partial charge in [-0.25, -0.2) is 4.79 Å². The van der Waals surface area contributed by atoms with Gasteiger partial charge in [-0.3, -0.25) is 4.79 Å². The molecule has 1 atom stereocenters. The highest BCUT2D eigenvalue weighted by molar-refractivity contribution is 6.00. The van der Waals surface area contributed by atoms with Crippen molar-refractivity contribution in [3.63, 3.8) is 0 Å². The van der Waals surface area contributed by atoms with Crippen LogP contribution in [0.1, 0.15) is 35.2 Å². The Labute approximate surface area is 129 Å². The number of nitrogens with one attached hydrogen (secondary N) is 1. The van der Waals surface area contributed by atoms with Gasteiger partial charge in [0.2, 0.25) is 5.91 Å². The Hall–Kier alpha value is -1.92. The summed E-state index contributed by atoms with van der Waals surface area (Å²) in [5.41, 5.74) is 1.23. The van der Waals surface area contributed by atoms with Gasteiger partial charge in [0.1, 0.15) is 0 Å². The molecular formula is C16H21NO5. The number of carbonyl (C=O) groups is 2. The van der Waals surface area contributed by atoms with E-state index >= 15 is 0 Å². The number of ether oxygens (including phenoxy) is 2. The highest BCUT2D eigenvalue weighted by Crippen LogP contribution is 2.18. The van der Waals surface area contributed by atoms with Crippen molar-refractivity contribution in [2.45, 2.75) is 32.3 Å². The smallest absolute Gasteiger partial charge is 0.337 e. The van der Waals surface area contributed by atoms with E-state index in [2.05, 4.69) is 5.32 Å². The van der Waals surface area contributed by atoms with E-state index in [0.29, 0.717) is 18.9 Å². The van der Waals surface area contributed by atoms with Gasteiger partial charge >= 0.3 is 5.97 Å². The zero-order valence-electron chi connectivity index (χ0n) is 12.6. The molecule has 0 aromatic heterocycles. The second kappa shape index (κ2) is 7.91. The highest BCUT2D eigenvalue weighted by Gasteiger charge is 2.16. The van der Waals surface area contributed by atoms with Crippen LogP contribution in [0.5, 0.6) is 0 Å². The largest absolute Gasteiger partial charge is 0.478 e. The van der Waals surface area contributed by atoms with E-state index in [1.165, 1.54) is 6.07 Å². The molecule has 1 aliphatic rings. The minimum absolute atomic E-state index is 0.0913. The molecule has 0 spiro atoms. The quantitative estimate of drug-likeness (QED) is 0.754. The summed E-state index contributed by atoms with van der Waals surface area (Å²) in [6, 6.07) is 4.89. The molecule has 0 saturated carbocycles. The van der Waals surface area contributed by atoms with E-state index < -0.39 is 5.97 Å². The van der Waals surface area contributed by atoms with E-state index in [1.54, 1.807) is 19.1 Å². The molecule has 120 valence electrons. The first kappa shape index (κ1) is 16.5. The molecule has 0 radical (unpaired) electrons. The Bertz CT molecular complexity index is 537. The average Bonchev–Trinajstić information content (AvgIpc) is 2.98. The molecule has 2 rings (SSSR count). The van der Waals surface area contributed by atoms with Gasteiger partial charge in [0, 0.05) is 6.61 Å². The minimum Gasteiger partial charge on any atom is -0.478 e. The number of hydrogen-bond acceptors (Lipinski definition) is 4. The fraction of sp³-hybridized carbons (Fsp3) is 0.500. The number of carbonyl (C=O) groups excluding carboxylic acids is 1. The standard InChI is InChI=1S/C16H21NO5/c1-11-4-5-14(13(9-11)16(19)20)17-15(18)6-8-21-10-12-3-2-7-22-12/h4-5,9,12H,2-3,6-8,10H2,1H3,(H,17,18)(H,19,20). The third kappa shape index (κ3) is 4.82. The van der Waals surface area contributed by atoms with Gasteiger partial charge in [0.25, 0.3) is 0 Å². The van der Waals surface area contributed by atoms with Gasteiger partial charge in [-0.05, 0) is 31.9 Å². The lowest BCUT2D eigenvalue weighted by molar-refractivity contribution is -0.117. The first-order valence-corrected chi connectivity index (χ1v) is 7.39. The molecule has 1 aromatic carbocycles. The predicted octanol–water partition coefficient (Wildman–Crippen LogP) is 2.22. The van der Waals surface area contributed by atoms with Crippen molar-refractivity contribution in [2.24, 2.45) is 0 Å². The van der Waals surface area contributed by atoms with Crippen LogP contribution in [-0.2, 0) is 14.3 Å². The van der Waals surface area contributed by atoms with Crippen LogP contribution >= 0.6 is 0 Å². The maximum atomic E-state index is 11.9.